The zero-order valence-electron chi connectivity index (χ0n) is 11.2. The molecule has 0 aromatic rings. The standard InChI is InChI=1S/C12H25NO2Si/c1-6-16(7-2,8-3)15-11-10(9(4)5)13-12(11)14/h9-11H,6-8H2,1-5H3,(H,13,14). The summed E-state index contributed by atoms with van der Waals surface area (Å²) in [5.74, 6) is 0.547. The van der Waals surface area contributed by atoms with Crippen LogP contribution in [0, 0.1) is 5.92 Å². The van der Waals surface area contributed by atoms with Crippen LogP contribution in [0.15, 0.2) is 0 Å². The highest BCUT2D eigenvalue weighted by molar-refractivity contribution is 6.73. The largest absolute Gasteiger partial charge is 0.403 e. The Morgan fingerprint density at radius 1 is 1.25 bits per heavy atom. The van der Waals surface area contributed by atoms with Gasteiger partial charge in [0.1, 0.15) is 6.10 Å². The number of amides is 1. The Morgan fingerprint density at radius 3 is 2.06 bits per heavy atom. The molecule has 1 heterocycles. The van der Waals surface area contributed by atoms with E-state index >= 15 is 0 Å². The molecule has 0 saturated carbocycles. The normalized spacial score (nSPS) is 25.5. The molecular weight excluding hydrogens is 218 g/mol. The van der Waals surface area contributed by atoms with E-state index in [1.54, 1.807) is 0 Å². The molecule has 0 bridgehead atoms. The summed E-state index contributed by atoms with van der Waals surface area (Å²) in [6.07, 6.45) is -0.175. The third-order valence-electron chi connectivity index (χ3n) is 3.92. The van der Waals surface area contributed by atoms with Crippen molar-refractivity contribution in [3.05, 3.63) is 0 Å². The van der Waals surface area contributed by atoms with Gasteiger partial charge in [-0.2, -0.15) is 0 Å². The van der Waals surface area contributed by atoms with Crippen molar-refractivity contribution < 1.29 is 9.22 Å². The Hall–Kier alpha value is -0.353. The maximum absolute atomic E-state index is 11.6. The van der Waals surface area contributed by atoms with E-state index < -0.39 is 8.32 Å². The number of hydrogen-bond acceptors (Lipinski definition) is 2. The second-order valence-electron chi connectivity index (χ2n) is 5.06. The molecule has 1 rings (SSSR count). The first-order valence-corrected chi connectivity index (χ1v) is 9.00. The van der Waals surface area contributed by atoms with Crippen LogP contribution < -0.4 is 5.32 Å². The molecule has 1 fully saturated rings. The molecule has 2 unspecified atom stereocenters. The van der Waals surface area contributed by atoms with Crippen molar-refractivity contribution in [3.8, 4) is 0 Å². The topological polar surface area (TPSA) is 38.3 Å². The van der Waals surface area contributed by atoms with Crippen molar-refractivity contribution in [1.29, 1.82) is 0 Å². The molecule has 0 aliphatic carbocycles. The molecule has 2 atom stereocenters. The lowest BCUT2D eigenvalue weighted by Gasteiger charge is -2.44. The highest BCUT2D eigenvalue weighted by atomic mass is 28.4. The molecule has 1 aliphatic heterocycles. The molecule has 0 radical (unpaired) electrons. The maximum Gasteiger partial charge on any atom is 0.250 e. The zero-order valence-corrected chi connectivity index (χ0v) is 12.2. The van der Waals surface area contributed by atoms with Crippen molar-refractivity contribution >= 4 is 14.2 Å². The van der Waals surface area contributed by atoms with Crippen molar-refractivity contribution in [2.75, 3.05) is 0 Å². The van der Waals surface area contributed by atoms with Crippen molar-refractivity contribution in [2.24, 2.45) is 5.92 Å². The molecule has 16 heavy (non-hydrogen) atoms. The van der Waals surface area contributed by atoms with E-state index in [0.717, 1.165) is 18.1 Å². The predicted octanol–water partition coefficient (Wildman–Crippen LogP) is 2.53. The van der Waals surface area contributed by atoms with Crippen molar-refractivity contribution in [1.82, 2.24) is 5.32 Å². The minimum atomic E-state index is -1.64. The van der Waals surface area contributed by atoms with E-state index in [1.807, 2.05) is 0 Å². The molecule has 1 amide bonds. The van der Waals surface area contributed by atoms with Gasteiger partial charge in [-0.15, -0.1) is 0 Å². The van der Waals surface area contributed by atoms with Crippen LogP contribution in [-0.2, 0) is 9.22 Å². The van der Waals surface area contributed by atoms with Gasteiger partial charge in [0.15, 0.2) is 8.32 Å². The van der Waals surface area contributed by atoms with Gasteiger partial charge >= 0.3 is 0 Å². The summed E-state index contributed by atoms with van der Waals surface area (Å²) in [5.41, 5.74) is 0. The quantitative estimate of drug-likeness (QED) is 0.575. The van der Waals surface area contributed by atoms with Gasteiger partial charge in [0.25, 0.3) is 0 Å². The van der Waals surface area contributed by atoms with Gasteiger partial charge in [-0.25, -0.2) is 0 Å². The lowest BCUT2D eigenvalue weighted by atomic mass is 9.91. The van der Waals surface area contributed by atoms with Crippen LogP contribution in [0.4, 0.5) is 0 Å². The fourth-order valence-corrected chi connectivity index (χ4v) is 5.09. The zero-order chi connectivity index (χ0) is 12.3. The summed E-state index contributed by atoms with van der Waals surface area (Å²) in [5, 5.41) is 2.95. The monoisotopic (exact) mass is 243 g/mol. The Kier molecular flexibility index (Phi) is 4.56. The minimum absolute atomic E-state index is 0.0888. The van der Waals surface area contributed by atoms with Crippen molar-refractivity contribution in [3.63, 3.8) is 0 Å². The van der Waals surface area contributed by atoms with E-state index in [2.05, 4.69) is 39.9 Å². The Balaban J connectivity index is 2.67. The second-order valence-corrected chi connectivity index (χ2v) is 9.78. The van der Waals surface area contributed by atoms with Gasteiger partial charge < -0.3 is 9.74 Å². The average molecular weight is 243 g/mol. The summed E-state index contributed by atoms with van der Waals surface area (Å²) >= 11 is 0. The van der Waals surface area contributed by atoms with Gasteiger partial charge in [0, 0.05) is 0 Å². The average Bonchev–Trinajstić information content (AvgIpc) is 2.28. The van der Waals surface area contributed by atoms with Gasteiger partial charge in [-0.3, -0.25) is 4.79 Å². The predicted molar refractivity (Wildman–Crippen MR) is 68.8 cm³/mol. The third kappa shape index (κ3) is 2.48. The van der Waals surface area contributed by atoms with E-state index in [1.165, 1.54) is 0 Å². The molecule has 0 aromatic carbocycles. The third-order valence-corrected chi connectivity index (χ3v) is 8.54. The number of hydrogen-bond donors (Lipinski definition) is 1. The Bertz CT molecular complexity index is 243. The minimum Gasteiger partial charge on any atom is -0.403 e. The number of β-lactam (4-membered cyclic amide) rings is 1. The fraction of sp³-hybridized carbons (Fsp3) is 0.917. The molecule has 4 heteroatoms. The van der Waals surface area contributed by atoms with Crippen LogP contribution in [0.1, 0.15) is 34.6 Å². The van der Waals surface area contributed by atoms with Crippen molar-refractivity contribution in [2.45, 2.75) is 64.9 Å². The highest BCUT2D eigenvalue weighted by Crippen LogP contribution is 2.28. The van der Waals surface area contributed by atoms with Gasteiger partial charge in [-0.1, -0.05) is 34.6 Å². The van der Waals surface area contributed by atoms with E-state index in [0.29, 0.717) is 5.92 Å². The highest BCUT2D eigenvalue weighted by Gasteiger charge is 2.46. The van der Waals surface area contributed by atoms with Crippen LogP contribution in [0.25, 0.3) is 0 Å². The lowest BCUT2D eigenvalue weighted by Crippen LogP contribution is -2.68. The number of carbonyl (C=O) groups is 1. The van der Waals surface area contributed by atoms with Crippen LogP contribution >= 0.6 is 0 Å². The van der Waals surface area contributed by atoms with Gasteiger partial charge in [0.05, 0.1) is 6.04 Å². The summed E-state index contributed by atoms with van der Waals surface area (Å²) in [4.78, 5) is 11.6. The second kappa shape index (κ2) is 5.32. The molecule has 1 N–H and O–H groups in total. The van der Waals surface area contributed by atoms with Crippen LogP contribution in [0.2, 0.25) is 18.1 Å². The van der Waals surface area contributed by atoms with Gasteiger partial charge in [-0.05, 0) is 24.1 Å². The SMILES string of the molecule is CC[Si](CC)(CC)OC1C(=O)NC1C(C)C. The molecule has 1 aliphatic rings. The molecule has 1 saturated heterocycles. The van der Waals surface area contributed by atoms with Gasteiger partial charge in [0.2, 0.25) is 5.91 Å². The first kappa shape index (κ1) is 13.7. The molecule has 0 spiro atoms. The first-order chi connectivity index (χ1) is 7.49. The first-order valence-electron chi connectivity index (χ1n) is 6.47. The van der Waals surface area contributed by atoms with E-state index in [9.17, 15) is 4.79 Å². The summed E-state index contributed by atoms with van der Waals surface area (Å²) < 4.78 is 6.23. The van der Waals surface area contributed by atoms with Crippen LogP contribution in [0.3, 0.4) is 0 Å². The number of rotatable bonds is 6. The number of nitrogens with one attached hydrogen (secondary N) is 1. The Morgan fingerprint density at radius 2 is 1.75 bits per heavy atom. The van der Waals surface area contributed by atoms with E-state index in [4.69, 9.17) is 4.43 Å². The molecule has 94 valence electrons. The fourth-order valence-electron chi connectivity index (χ4n) is 2.30. The smallest absolute Gasteiger partial charge is 0.250 e. The molecule has 3 nitrogen and oxygen atoms in total. The van der Waals surface area contributed by atoms with Crippen LogP contribution in [-0.4, -0.2) is 26.4 Å². The maximum atomic E-state index is 11.6. The molecular formula is C12H25NO2Si. The van der Waals surface area contributed by atoms with E-state index in [-0.39, 0.29) is 18.1 Å². The molecule has 0 aromatic heterocycles. The summed E-state index contributed by atoms with van der Waals surface area (Å²) in [7, 11) is -1.64. The summed E-state index contributed by atoms with van der Waals surface area (Å²) in [6, 6.07) is 3.54. The Labute approximate surface area is 100 Å². The lowest BCUT2D eigenvalue weighted by molar-refractivity contribution is -0.142. The summed E-state index contributed by atoms with van der Waals surface area (Å²) in [6.45, 7) is 10.8. The van der Waals surface area contributed by atoms with Crippen LogP contribution in [0.5, 0.6) is 0 Å². The number of carbonyl (C=O) groups excluding carboxylic acids is 1.